The summed E-state index contributed by atoms with van der Waals surface area (Å²) in [5.41, 5.74) is 0.944. The minimum atomic E-state index is 0.328. The fourth-order valence-corrected chi connectivity index (χ4v) is 2.44. The van der Waals surface area contributed by atoms with Gasteiger partial charge in [-0.05, 0) is 24.1 Å². The summed E-state index contributed by atoms with van der Waals surface area (Å²) in [6.45, 7) is 4.15. The van der Waals surface area contributed by atoms with Crippen LogP contribution < -0.4 is 0 Å². The summed E-state index contributed by atoms with van der Waals surface area (Å²) < 4.78 is 0.727. The Morgan fingerprint density at radius 2 is 1.94 bits per heavy atom. The zero-order valence-electron chi connectivity index (χ0n) is 8.87. The summed E-state index contributed by atoms with van der Waals surface area (Å²) in [6.07, 6.45) is 0. The second kappa shape index (κ2) is 4.70. The highest BCUT2D eigenvalue weighted by atomic mass is 35.5. The molecule has 0 bridgehead atoms. The lowest BCUT2D eigenvalue weighted by atomic mass is 10.1. The lowest BCUT2D eigenvalue weighted by Crippen LogP contribution is -1.96. The molecule has 0 aliphatic rings. The Morgan fingerprint density at radius 1 is 1.19 bits per heavy atom. The Bertz CT molecular complexity index is 508. The molecule has 0 fully saturated rings. The van der Waals surface area contributed by atoms with Crippen LogP contribution in [0.3, 0.4) is 0 Å². The van der Waals surface area contributed by atoms with Gasteiger partial charge in [-0.3, -0.25) is 0 Å². The Morgan fingerprint density at radius 3 is 2.50 bits per heavy atom. The molecule has 2 aromatic rings. The maximum Gasteiger partial charge on any atom is 0.171 e. The van der Waals surface area contributed by atoms with E-state index in [-0.39, 0.29) is 0 Å². The van der Waals surface area contributed by atoms with E-state index in [1.165, 1.54) is 11.3 Å². The van der Waals surface area contributed by atoms with Gasteiger partial charge in [-0.1, -0.05) is 37.0 Å². The van der Waals surface area contributed by atoms with Crippen molar-refractivity contribution in [3.05, 3.63) is 33.4 Å². The van der Waals surface area contributed by atoms with Crippen LogP contribution in [-0.2, 0) is 0 Å². The molecule has 2 heterocycles. The van der Waals surface area contributed by atoms with Crippen molar-refractivity contribution >= 4 is 34.5 Å². The van der Waals surface area contributed by atoms with Gasteiger partial charge >= 0.3 is 0 Å². The minimum absolute atomic E-state index is 0.328. The number of rotatable bonds is 2. The van der Waals surface area contributed by atoms with E-state index in [0.29, 0.717) is 16.9 Å². The third-order valence-corrected chi connectivity index (χ3v) is 3.52. The van der Waals surface area contributed by atoms with Gasteiger partial charge in [-0.2, -0.15) is 0 Å². The van der Waals surface area contributed by atoms with E-state index in [1.807, 2.05) is 12.1 Å². The molecule has 0 aliphatic carbocycles. The van der Waals surface area contributed by atoms with Crippen molar-refractivity contribution in [3.63, 3.8) is 0 Å². The highest BCUT2D eigenvalue weighted by Crippen LogP contribution is 2.30. The van der Waals surface area contributed by atoms with Crippen molar-refractivity contribution in [1.82, 2.24) is 9.97 Å². The van der Waals surface area contributed by atoms with Gasteiger partial charge in [0.1, 0.15) is 5.15 Å². The van der Waals surface area contributed by atoms with E-state index >= 15 is 0 Å². The van der Waals surface area contributed by atoms with Crippen LogP contribution in [0.5, 0.6) is 0 Å². The summed E-state index contributed by atoms with van der Waals surface area (Å²) in [7, 11) is 0. The van der Waals surface area contributed by atoms with Crippen molar-refractivity contribution in [1.29, 1.82) is 0 Å². The maximum atomic E-state index is 5.97. The van der Waals surface area contributed by atoms with Crippen molar-refractivity contribution in [2.75, 3.05) is 0 Å². The molecule has 84 valence electrons. The first-order valence-electron chi connectivity index (χ1n) is 4.86. The lowest BCUT2D eigenvalue weighted by molar-refractivity contribution is 0.817. The lowest BCUT2D eigenvalue weighted by Gasteiger charge is -2.06. The number of aromatic nitrogens is 2. The number of nitrogens with zero attached hydrogens (tertiary/aromatic N) is 2. The topological polar surface area (TPSA) is 25.8 Å². The molecule has 16 heavy (non-hydrogen) atoms. The molecule has 0 spiro atoms. The van der Waals surface area contributed by atoms with Crippen LogP contribution in [0, 0.1) is 0 Å². The smallest absolute Gasteiger partial charge is 0.171 e. The second-order valence-corrected chi connectivity index (χ2v) is 5.80. The number of halogens is 2. The Hall–Kier alpha value is -0.640. The van der Waals surface area contributed by atoms with E-state index in [0.717, 1.165) is 14.9 Å². The molecule has 0 aliphatic heterocycles. The predicted molar refractivity (Wildman–Crippen MR) is 69.5 cm³/mol. The van der Waals surface area contributed by atoms with Crippen LogP contribution in [0.25, 0.3) is 10.7 Å². The molecule has 5 heteroatoms. The molecular formula is C11H10Cl2N2S. The number of hydrogen-bond acceptors (Lipinski definition) is 3. The van der Waals surface area contributed by atoms with Gasteiger partial charge in [0.15, 0.2) is 5.82 Å². The normalized spacial score (nSPS) is 11.1. The third-order valence-electron chi connectivity index (χ3n) is 2.10. The SMILES string of the molecule is CC(C)c1cc(Cl)nc(-c2ccc(Cl)s2)n1. The maximum absolute atomic E-state index is 5.97. The summed E-state index contributed by atoms with van der Waals surface area (Å²) in [4.78, 5) is 9.62. The Balaban J connectivity index is 2.49. The first-order valence-corrected chi connectivity index (χ1v) is 6.43. The highest BCUT2D eigenvalue weighted by Gasteiger charge is 2.10. The van der Waals surface area contributed by atoms with Gasteiger partial charge in [0.2, 0.25) is 0 Å². The molecular weight excluding hydrogens is 263 g/mol. The quantitative estimate of drug-likeness (QED) is 0.745. The molecule has 0 N–H and O–H groups in total. The highest BCUT2D eigenvalue weighted by molar-refractivity contribution is 7.19. The van der Waals surface area contributed by atoms with Crippen molar-refractivity contribution < 1.29 is 0 Å². The van der Waals surface area contributed by atoms with E-state index in [9.17, 15) is 0 Å². The van der Waals surface area contributed by atoms with Crippen molar-refractivity contribution in [3.8, 4) is 10.7 Å². The summed E-state index contributed by atoms with van der Waals surface area (Å²) in [5.74, 6) is 0.975. The first-order chi connectivity index (χ1) is 7.56. The molecule has 0 atom stereocenters. The Kier molecular flexibility index (Phi) is 3.47. The fourth-order valence-electron chi connectivity index (χ4n) is 1.28. The van der Waals surface area contributed by atoms with Gasteiger partial charge in [-0.25, -0.2) is 9.97 Å². The van der Waals surface area contributed by atoms with Crippen LogP contribution in [0.2, 0.25) is 9.49 Å². The van der Waals surface area contributed by atoms with Crippen molar-refractivity contribution in [2.24, 2.45) is 0 Å². The van der Waals surface area contributed by atoms with Crippen molar-refractivity contribution in [2.45, 2.75) is 19.8 Å². The second-order valence-electron chi connectivity index (χ2n) is 3.70. The standard InChI is InChI=1S/C11H10Cl2N2S/c1-6(2)7-5-9(12)15-11(14-7)8-3-4-10(13)16-8/h3-6H,1-2H3. The van der Waals surface area contributed by atoms with E-state index in [1.54, 1.807) is 6.07 Å². The average Bonchev–Trinajstić information content (AvgIpc) is 2.64. The van der Waals surface area contributed by atoms with Gasteiger partial charge in [0.25, 0.3) is 0 Å². The molecule has 2 aromatic heterocycles. The fraction of sp³-hybridized carbons (Fsp3) is 0.273. The predicted octanol–water partition coefficient (Wildman–Crippen LogP) is 4.64. The van der Waals surface area contributed by atoms with Crippen LogP contribution in [0.4, 0.5) is 0 Å². The van der Waals surface area contributed by atoms with E-state index in [4.69, 9.17) is 23.2 Å². The third kappa shape index (κ3) is 2.54. The molecule has 0 radical (unpaired) electrons. The molecule has 0 unspecified atom stereocenters. The molecule has 2 nitrogen and oxygen atoms in total. The van der Waals surface area contributed by atoms with Crippen LogP contribution in [0.1, 0.15) is 25.5 Å². The van der Waals surface area contributed by atoms with Gasteiger partial charge in [0.05, 0.1) is 9.21 Å². The molecule has 0 saturated heterocycles. The van der Waals surface area contributed by atoms with Crippen LogP contribution >= 0.6 is 34.5 Å². The van der Waals surface area contributed by atoms with Gasteiger partial charge in [-0.15, -0.1) is 11.3 Å². The summed E-state index contributed by atoms with van der Waals surface area (Å²) >= 11 is 13.3. The zero-order chi connectivity index (χ0) is 11.7. The van der Waals surface area contributed by atoms with Gasteiger partial charge < -0.3 is 0 Å². The zero-order valence-corrected chi connectivity index (χ0v) is 11.2. The van der Waals surface area contributed by atoms with Crippen LogP contribution in [-0.4, -0.2) is 9.97 Å². The monoisotopic (exact) mass is 272 g/mol. The largest absolute Gasteiger partial charge is 0.232 e. The van der Waals surface area contributed by atoms with E-state index < -0.39 is 0 Å². The Labute approximate surface area is 108 Å². The average molecular weight is 273 g/mol. The number of thiophene rings is 1. The molecule has 0 aromatic carbocycles. The molecule has 0 amide bonds. The molecule has 0 saturated carbocycles. The summed E-state index contributed by atoms with van der Waals surface area (Å²) in [5, 5.41) is 0.471. The van der Waals surface area contributed by atoms with E-state index in [2.05, 4.69) is 23.8 Å². The number of hydrogen-bond donors (Lipinski definition) is 0. The first kappa shape index (κ1) is 11.8. The minimum Gasteiger partial charge on any atom is -0.232 e. The van der Waals surface area contributed by atoms with Gasteiger partial charge in [0, 0.05) is 5.69 Å². The summed E-state index contributed by atoms with van der Waals surface area (Å²) in [6, 6.07) is 5.54. The van der Waals surface area contributed by atoms with Crippen LogP contribution in [0.15, 0.2) is 18.2 Å². The molecule has 2 rings (SSSR count).